The molecule has 2 aliphatic rings. The lowest BCUT2D eigenvalue weighted by molar-refractivity contribution is -0.130. The Labute approximate surface area is 136 Å². The molecule has 2 unspecified atom stereocenters. The highest BCUT2D eigenvalue weighted by Crippen LogP contribution is 2.26. The van der Waals surface area contributed by atoms with Gasteiger partial charge >= 0.3 is 0 Å². The molecular weight excluding hydrogens is 288 g/mol. The number of nitrogens with zero attached hydrogens (tertiary/aromatic N) is 1. The third-order valence-electron chi connectivity index (χ3n) is 5.49. The smallest absolute Gasteiger partial charge is 0.227 e. The van der Waals surface area contributed by atoms with E-state index >= 15 is 0 Å². The zero-order valence-electron chi connectivity index (χ0n) is 13.9. The maximum absolute atomic E-state index is 12.7. The zero-order valence-corrected chi connectivity index (χ0v) is 13.9. The van der Waals surface area contributed by atoms with Crippen LogP contribution in [-0.2, 0) is 11.2 Å². The van der Waals surface area contributed by atoms with E-state index in [9.17, 15) is 4.79 Å². The van der Waals surface area contributed by atoms with Gasteiger partial charge in [-0.1, -0.05) is 0 Å². The van der Waals surface area contributed by atoms with E-state index < -0.39 is 0 Å². The van der Waals surface area contributed by atoms with Gasteiger partial charge in [0.2, 0.25) is 5.91 Å². The number of hydrogen-bond acceptors (Lipinski definition) is 3. The van der Waals surface area contributed by atoms with Gasteiger partial charge < -0.3 is 14.6 Å². The number of carbonyl (C=O) groups excluding carboxylic acids is 1. The van der Waals surface area contributed by atoms with Crippen molar-refractivity contribution in [2.24, 2.45) is 0 Å². The first kappa shape index (κ1) is 14.8. The molecule has 2 bridgehead atoms. The van der Waals surface area contributed by atoms with Gasteiger partial charge in [-0.2, -0.15) is 0 Å². The van der Waals surface area contributed by atoms with Gasteiger partial charge in [0.25, 0.3) is 0 Å². The molecule has 2 saturated heterocycles. The van der Waals surface area contributed by atoms with Gasteiger partial charge in [-0.05, 0) is 56.4 Å². The van der Waals surface area contributed by atoms with Crippen LogP contribution in [0.25, 0.3) is 11.0 Å². The SMILES string of the molecule is Cc1cc2occ(CC(=O)N3CCC4CCC(C3)N4)c2cc1C. The Morgan fingerprint density at radius 1 is 1.22 bits per heavy atom. The Bertz CT molecular complexity index is 749. The highest BCUT2D eigenvalue weighted by Gasteiger charge is 2.31. The fourth-order valence-electron chi connectivity index (χ4n) is 3.92. The quantitative estimate of drug-likeness (QED) is 0.927. The second kappa shape index (κ2) is 5.68. The van der Waals surface area contributed by atoms with Gasteiger partial charge in [0.05, 0.1) is 12.7 Å². The summed E-state index contributed by atoms with van der Waals surface area (Å²) in [5.74, 6) is 0.222. The van der Waals surface area contributed by atoms with Crippen LogP contribution in [0.4, 0.5) is 0 Å². The van der Waals surface area contributed by atoms with Crippen LogP contribution in [0.2, 0.25) is 0 Å². The molecule has 23 heavy (non-hydrogen) atoms. The minimum Gasteiger partial charge on any atom is -0.464 e. The van der Waals surface area contributed by atoms with E-state index in [4.69, 9.17) is 4.42 Å². The number of furan rings is 1. The van der Waals surface area contributed by atoms with Crippen molar-refractivity contribution < 1.29 is 9.21 Å². The number of aryl methyl sites for hydroxylation is 2. The van der Waals surface area contributed by atoms with Crippen molar-refractivity contribution >= 4 is 16.9 Å². The van der Waals surface area contributed by atoms with Gasteiger partial charge in [0.15, 0.2) is 0 Å². The molecule has 4 nitrogen and oxygen atoms in total. The van der Waals surface area contributed by atoms with Crippen LogP contribution in [0.1, 0.15) is 36.0 Å². The molecule has 0 aliphatic carbocycles. The van der Waals surface area contributed by atoms with Crippen molar-refractivity contribution in [3.05, 3.63) is 35.1 Å². The molecule has 3 heterocycles. The number of hydrogen-bond donors (Lipinski definition) is 1. The molecular formula is C19H24N2O2. The molecule has 4 heteroatoms. The van der Waals surface area contributed by atoms with Crippen LogP contribution >= 0.6 is 0 Å². The highest BCUT2D eigenvalue weighted by atomic mass is 16.3. The van der Waals surface area contributed by atoms with Gasteiger partial charge in [-0.3, -0.25) is 4.79 Å². The fraction of sp³-hybridized carbons (Fsp3) is 0.526. The third kappa shape index (κ3) is 2.76. The maximum Gasteiger partial charge on any atom is 0.227 e. The summed E-state index contributed by atoms with van der Waals surface area (Å²) >= 11 is 0. The molecule has 1 aromatic heterocycles. The number of benzene rings is 1. The van der Waals surface area contributed by atoms with E-state index in [0.29, 0.717) is 18.5 Å². The monoisotopic (exact) mass is 312 g/mol. The highest BCUT2D eigenvalue weighted by molar-refractivity contribution is 5.88. The summed E-state index contributed by atoms with van der Waals surface area (Å²) < 4.78 is 5.66. The molecule has 0 spiro atoms. The predicted octanol–water partition coefficient (Wildman–Crippen LogP) is 2.95. The number of rotatable bonds is 2. The fourth-order valence-corrected chi connectivity index (χ4v) is 3.92. The average Bonchev–Trinajstić information content (AvgIpc) is 3.03. The molecule has 0 saturated carbocycles. The predicted molar refractivity (Wildman–Crippen MR) is 90.5 cm³/mol. The number of fused-ring (bicyclic) bond motifs is 3. The normalized spacial score (nSPS) is 24.2. The third-order valence-corrected chi connectivity index (χ3v) is 5.49. The standard InChI is InChI=1S/C19H24N2O2/c1-12-7-17-14(11-23-18(17)8-13(12)2)9-19(22)21-6-5-15-3-4-16(10-21)20-15/h7-8,11,15-16,20H,3-6,9-10H2,1-2H3. The summed E-state index contributed by atoms with van der Waals surface area (Å²) in [6.45, 7) is 5.91. The van der Waals surface area contributed by atoms with Crippen LogP contribution in [0.3, 0.4) is 0 Å². The van der Waals surface area contributed by atoms with Crippen LogP contribution in [0, 0.1) is 13.8 Å². The number of amides is 1. The van der Waals surface area contributed by atoms with E-state index in [1.54, 1.807) is 6.26 Å². The molecule has 1 amide bonds. The van der Waals surface area contributed by atoms with E-state index in [1.807, 2.05) is 4.90 Å². The van der Waals surface area contributed by atoms with Gasteiger partial charge in [-0.15, -0.1) is 0 Å². The summed E-state index contributed by atoms with van der Waals surface area (Å²) in [6.07, 6.45) is 5.72. The molecule has 122 valence electrons. The minimum absolute atomic E-state index is 0.222. The number of carbonyl (C=O) groups is 1. The van der Waals surface area contributed by atoms with Crippen molar-refractivity contribution in [1.82, 2.24) is 10.2 Å². The molecule has 4 rings (SSSR count). The topological polar surface area (TPSA) is 45.5 Å². The molecule has 2 atom stereocenters. The Morgan fingerprint density at radius 2 is 2.00 bits per heavy atom. The Morgan fingerprint density at radius 3 is 2.87 bits per heavy atom. The van der Waals surface area contributed by atoms with Gasteiger partial charge in [0.1, 0.15) is 5.58 Å². The van der Waals surface area contributed by atoms with Crippen molar-refractivity contribution in [2.45, 2.75) is 51.6 Å². The second-order valence-electron chi connectivity index (χ2n) is 7.14. The Hall–Kier alpha value is -1.81. The molecule has 2 aliphatic heterocycles. The summed E-state index contributed by atoms with van der Waals surface area (Å²) in [5, 5.41) is 4.71. The zero-order chi connectivity index (χ0) is 16.0. The summed E-state index contributed by atoms with van der Waals surface area (Å²) in [6, 6.07) is 5.30. The lowest BCUT2D eigenvalue weighted by atomic mass is 10.0. The lowest BCUT2D eigenvalue weighted by Crippen LogP contribution is -2.39. The maximum atomic E-state index is 12.7. The first-order valence-electron chi connectivity index (χ1n) is 8.61. The molecule has 1 N–H and O–H groups in total. The summed E-state index contributed by atoms with van der Waals surface area (Å²) in [5.41, 5.74) is 4.35. The first-order chi connectivity index (χ1) is 11.1. The van der Waals surface area contributed by atoms with Crippen molar-refractivity contribution in [3.63, 3.8) is 0 Å². The minimum atomic E-state index is 0.222. The van der Waals surface area contributed by atoms with Gasteiger partial charge in [0, 0.05) is 36.1 Å². The molecule has 0 radical (unpaired) electrons. The van der Waals surface area contributed by atoms with E-state index in [-0.39, 0.29) is 5.91 Å². The second-order valence-corrected chi connectivity index (χ2v) is 7.14. The molecule has 2 fully saturated rings. The molecule has 2 aromatic rings. The largest absolute Gasteiger partial charge is 0.464 e. The number of likely N-dealkylation sites (tertiary alicyclic amines) is 1. The molecule has 1 aromatic carbocycles. The van der Waals surface area contributed by atoms with Crippen LogP contribution in [-0.4, -0.2) is 36.0 Å². The van der Waals surface area contributed by atoms with Crippen LogP contribution in [0.5, 0.6) is 0 Å². The summed E-state index contributed by atoms with van der Waals surface area (Å²) in [4.78, 5) is 14.8. The Kier molecular flexibility index (Phi) is 3.64. The number of nitrogens with one attached hydrogen (secondary N) is 1. The summed E-state index contributed by atoms with van der Waals surface area (Å²) in [7, 11) is 0. The van der Waals surface area contributed by atoms with E-state index in [1.165, 1.54) is 24.0 Å². The first-order valence-corrected chi connectivity index (χ1v) is 8.61. The van der Waals surface area contributed by atoms with Gasteiger partial charge in [-0.25, -0.2) is 0 Å². The van der Waals surface area contributed by atoms with E-state index in [0.717, 1.165) is 36.0 Å². The van der Waals surface area contributed by atoms with Crippen LogP contribution < -0.4 is 5.32 Å². The lowest BCUT2D eigenvalue weighted by Gasteiger charge is -2.24. The van der Waals surface area contributed by atoms with E-state index in [2.05, 4.69) is 31.3 Å². The average molecular weight is 312 g/mol. The van der Waals surface area contributed by atoms with Crippen molar-refractivity contribution in [1.29, 1.82) is 0 Å². The van der Waals surface area contributed by atoms with Crippen molar-refractivity contribution in [2.75, 3.05) is 13.1 Å². The van der Waals surface area contributed by atoms with Crippen molar-refractivity contribution in [3.8, 4) is 0 Å². The van der Waals surface area contributed by atoms with Crippen LogP contribution in [0.15, 0.2) is 22.8 Å². The Balaban J connectivity index is 1.53.